The molecule has 0 unspecified atom stereocenters. The van der Waals surface area contributed by atoms with Crippen LogP contribution in [0.15, 0.2) is 30.6 Å². The number of amides is 2. The van der Waals surface area contributed by atoms with E-state index < -0.39 is 12.6 Å². The SMILES string of the molecule is C[C@@H]1CCc2ncnc(N3CCN(C(=O)N(CCN)Cc4ccc(CC(F)(F)F)cc4)CC3)c21. The van der Waals surface area contributed by atoms with Gasteiger partial charge in [-0.3, -0.25) is 0 Å². The Morgan fingerprint density at radius 2 is 1.79 bits per heavy atom. The molecule has 1 aromatic carbocycles. The van der Waals surface area contributed by atoms with Gasteiger partial charge in [-0.05, 0) is 29.9 Å². The highest BCUT2D eigenvalue weighted by Gasteiger charge is 2.31. The number of hydrogen-bond acceptors (Lipinski definition) is 5. The van der Waals surface area contributed by atoms with Crippen LogP contribution in [-0.4, -0.2) is 71.2 Å². The minimum Gasteiger partial charge on any atom is -0.353 e. The molecule has 1 aromatic heterocycles. The number of anilines is 1. The van der Waals surface area contributed by atoms with Crippen molar-refractivity contribution in [3.63, 3.8) is 0 Å². The van der Waals surface area contributed by atoms with Crippen LogP contribution in [0.1, 0.15) is 41.6 Å². The lowest BCUT2D eigenvalue weighted by molar-refractivity contribution is -0.127. The fourth-order valence-electron chi connectivity index (χ4n) is 4.80. The molecule has 2 heterocycles. The van der Waals surface area contributed by atoms with Gasteiger partial charge >= 0.3 is 12.2 Å². The molecule has 0 spiro atoms. The maximum Gasteiger partial charge on any atom is 0.393 e. The van der Waals surface area contributed by atoms with E-state index in [-0.39, 0.29) is 11.6 Å². The normalized spacial score (nSPS) is 18.2. The third kappa shape index (κ3) is 5.60. The highest BCUT2D eigenvalue weighted by molar-refractivity contribution is 5.75. The van der Waals surface area contributed by atoms with Gasteiger partial charge < -0.3 is 20.4 Å². The standard InChI is InChI=1S/C24H31F3N6O/c1-17-2-7-20-21(17)22(30-16-29-20)31-10-12-32(13-11-31)23(34)33(9-8-28)15-19-5-3-18(4-6-19)14-24(25,26)27/h3-6,16-17H,2,7-15,28H2,1H3/t17-/m1/s1. The van der Waals surface area contributed by atoms with Crippen LogP contribution in [0.5, 0.6) is 0 Å². The van der Waals surface area contributed by atoms with Crippen LogP contribution >= 0.6 is 0 Å². The van der Waals surface area contributed by atoms with E-state index in [9.17, 15) is 18.0 Å². The van der Waals surface area contributed by atoms with Crippen LogP contribution in [0.3, 0.4) is 0 Å². The van der Waals surface area contributed by atoms with E-state index in [0.29, 0.717) is 51.7 Å². The van der Waals surface area contributed by atoms with E-state index in [4.69, 9.17) is 5.73 Å². The largest absolute Gasteiger partial charge is 0.393 e. The summed E-state index contributed by atoms with van der Waals surface area (Å²) in [5, 5.41) is 0. The second-order valence-electron chi connectivity index (χ2n) is 9.07. The summed E-state index contributed by atoms with van der Waals surface area (Å²) in [5.74, 6) is 1.42. The van der Waals surface area contributed by atoms with E-state index in [1.165, 1.54) is 17.7 Å². The predicted molar refractivity (Wildman–Crippen MR) is 124 cm³/mol. The summed E-state index contributed by atoms with van der Waals surface area (Å²) in [6, 6.07) is 6.12. The maximum atomic E-state index is 13.2. The van der Waals surface area contributed by atoms with Crippen LogP contribution in [-0.2, 0) is 19.4 Å². The number of carbonyl (C=O) groups is 1. The van der Waals surface area contributed by atoms with Gasteiger partial charge in [-0.15, -0.1) is 0 Å². The van der Waals surface area contributed by atoms with E-state index in [2.05, 4.69) is 21.8 Å². The Balaban J connectivity index is 1.38. The van der Waals surface area contributed by atoms with Crippen LogP contribution in [0.25, 0.3) is 0 Å². The van der Waals surface area contributed by atoms with Crippen LogP contribution in [0.2, 0.25) is 0 Å². The molecule has 184 valence electrons. The number of nitrogens with zero attached hydrogens (tertiary/aromatic N) is 5. The van der Waals surface area contributed by atoms with Crippen molar-refractivity contribution < 1.29 is 18.0 Å². The number of halogens is 3. The van der Waals surface area contributed by atoms with Crippen LogP contribution in [0, 0.1) is 0 Å². The molecule has 2 amide bonds. The number of urea groups is 1. The zero-order valence-corrected chi connectivity index (χ0v) is 19.4. The van der Waals surface area contributed by atoms with Crippen molar-refractivity contribution in [3.8, 4) is 0 Å². The molecule has 1 aliphatic heterocycles. The average Bonchev–Trinajstić information content (AvgIpc) is 3.20. The van der Waals surface area contributed by atoms with E-state index in [1.807, 2.05) is 4.90 Å². The van der Waals surface area contributed by atoms with Crippen molar-refractivity contribution in [3.05, 3.63) is 53.0 Å². The van der Waals surface area contributed by atoms with Crippen molar-refractivity contribution in [2.45, 2.75) is 44.8 Å². The molecule has 0 radical (unpaired) electrons. The molecule has 2 aromatic rings. The van der Waals surface area contributed by atoms with Crippen molar-refractivity contribution in [1.82, 2.24) is 19.8 Å². The van der Waals surface area contributed by atoms with Gasteiger partial charge in [0.25, 0.3) is 0 Å². The number of nitrogens with two attached hydrogens (primary N) is 1. The molecule has 0 bridgehead atoms. The lowest BCUT2D eigenvalue weighted by Crippen LogP contribution is -2.53. The van der Waals surface area contributed by atoms with Gasteiger partial charge in [-0.25, -0.2) is 14.8 Å². The number of rotatable bonds is 6. The van der Waals surface area contributed by atoms with Crippen molar-refractivity contribution in [1.29, 1.82) is 0 Å². The van der Waals surface area contributed by atoms with Crippen molar-refractivity contribution in [2.75, 3.05) is 44.2 Å². The number of piperazine rings is 1. The summed E-state index contributed by atoms with van der Waals surface area (Å²) in [6.07, 6.45) is -1.50. The molecule has 7 nitrogen and oxygen atoms in total. The van der Waals surface area contributed by atoms with Gasteiger partial charge in [-0.2, -0.15) is 13.2 Å². The van der Waals surface area contributed by atoms with Gasteiger partial charge in [0, 0.05) is 57.1 Å². The van der Waals surface area contributed by atoms with Crippen LogP contribution < -0.4 is 10.6 Å². The topological polar surface area (TPSA) is 78.6 Å². The number of carbonyl (C=O) groups excluding carboxylic acids is 1. The lowest BCUT2D eigenvalue weighted by Gasteiger charge is -2.38. The molecule has 0 saturated carbocycles. The number of hydrogen-bond donors (Lipinski definition) is 1. The predicted octanol–water partition coefficient (Wildman–Crippen LogP) is 3.33. The zero-order valence-electron chi connectivity index (χ0n) is 19.4. The van der Waals surface area contributed by atoms with Gasteiger partial charge in [0.1, 0.15) is 12.1 Å². The number of aryl methyl sites for hydroxylation is 1. The summed E-state index contributed by atoms with van der Waals surface area (Å²) < 4.78 is 37.8. The molecule has 1 saturated heterocycles. The number of aromatic nitrogens is 2. The molecule has 2 N–H and O–H groups in total. The van der Waals surface area contributed by atoms with Gasteiger partial charge in [0.05, 0.1) is 6.42 Å². The lowest BCUT2D eigenvalue weighted by atomic mass is 10.1. The van der Waals surface area contributed by atoms with Gasteiger partial charge in [0.15, 0.2) is 0 Å². The Kier molecular flexibility index (Phi) is 7.25. The Morgan fingerprint density at radius 3 is 2.44 bits per heavy atom. The summed E-state index contributed by atoms with van der Waals surface area (Å²) >= 11 is 0. The second kappa shape index (κ2) is 10.2. The first-order valence-corrected chi connectivity index (χ1v) is 11.7. The molecular weight excluding hydrogens is 445 g/mol. The molecule has 1 aliphatic carbocycles. The highest BCUT2D eigenvalue weighted by Crippen LogP contribution is 2.37. The van der Waals surface area contributed by atoms with Gasteiger partial charge in [0.2, 0.25) is 0 Å². The summed E-state index contributed by atoms with van der Waals surface area (Å²) in [5.41, 5.74) is 9.09. The minimum absolute atomic E-state index is 0.106. The Morgan fingerprint density at radius 1 is 1.12 bits per heavy atom. The van der Waals surface area contributed by atoms with E-state index >= 15 is 0 Å². The van der Waals surface area contributed by atoms with Gasteiger partial charge in [-0.1, -0.05) is 31.2 Å². The third-order valence-corrected chi connectivity index (χ3v) is 6.57. The molecule has 1 atom stereocenters. The number of alkyl halides is 3. The first-order valence-electron chi connectivity index (χ1n) is 11.7. The highest BCUT2D eigenvalue weighted by atomic mass is 19.4. The smallest absolute Gasteiger partial charge is 0.353 e. The van der Waals surface area contributed by atoms with Crippen molar-refractivity contribution in [2.24, 2.45) is 5.73 Å². The second-order valence-corrected chi connectivity index (χ2v) is 9.07. The summed E-state index contributed by atoms with van der Waals surface area (Å²) in [6.45, 7) is 5.70. The fraction of sp³-hybridized carbons (Fsp3) is 0.542. The minimum atomic E-state index is -4.24. The first kappa shape index (κ1) is 24.3. The Hall–Kier alpha value is -2.88. The number of benzene rings is 1. The average molecular weight is 477 g/mol. The molecule has 2 aliphatic rings. The first-order chi connectivity index (χ1) is 16.2. The quantitative estimate of drug-likeness (QED) is 0.692. The van der Waals surface area contributed by atoms with Crippen molar-refractivity contribution >= 4 is 11.8 Å². The fourth-order valence-corrected chi connectivity index (χ4v) is 4.80. The molecule has 1 fully saturated rings. The molecular formula is C24H31F3N6O. The molecule has 4 rings (SSSR count). The zero-order chi connectivity index (χ0) is 24.3. The molecule has 34 heavy (non-hydrogen) atoms. The van der Waals surface area contributed by atoms with E-state index in [1.54, 1.807) is 23.4 Å². The molecule has 10 heteroatoms. The summed E-state index contributed by atoms with van der Waals surface area (Å²) in [7, 11) is 0. The Labute approximate surface area is 197 Å². The summed E-state index contributed by atoms with van der Waals surface area (Å²) in [4.78, 5) is 27.9. The van der Waals surface area contributed by atoms with Crippen LogP contribution in [0.4, 0.5) is 23.8 Å². The maximum absolute atomic E-state index is 13.2. The van der Waals surface area contributed by atoms with E-state index in [0.717, 1.165) is 29.9 Å². The third-order valence-electron chi connectivity index (χ3n) is 6.57. The number of fused-ring (bicyclic) bond motifs is 1. The monoisotopic (exact) mass is 476 g/mol. The Bertz CT molecular complexity index is 989.